The lowest BCUT2D eigenvalue weighted by atomic mass is 9.83. The summed E-state index contributed by atoms with van der Waals surface area (Å²) in [6.07, 6.45) is 1.88. The van der Waals surface area contributed by atoms with E-state index in [4.69, 9.17) is 6.57 Å². The predicted octanol–water partition coefficient (Wildman–Crippen LogP) is 5.80. The van der Waals surface area contributed by atoms with Crippen molar-refractivity contribution in [1.82, 2.24) is 4.98 Å². The van der Waals surface area contributed by atoms with Crippen LogP contribution in [0.4, 0.5) is 0 Å². The van der Waals surface area contributed by atoms with Crippen molar-refractivity contribution in [2.75, 3.05) is 0 Å². The molecule has 3 heteroatoms. The maximum atomic E-state index is 7.50. The summed E-state index contributed by atoms with van der Waals surface area (Å²) in [6.45, 7) is 22.5. The Morgan fingerprint density at radius 3 is 2.25 bits per heavy atom. The molecule has 0 aliphatic heterocycles. The average Bonchev–Trinajstić information content (AvgIpc) is 2.63. The second kappa shape index (κ2) is 6.71. The molecule has 0 aliphatic rings. The Morgan fingerprint density at radius 2 is 1.64 bits per heavy atom. The number of hydrogen-bond acceptors (Lipinski definition) is 1. The smallest absolute Gasteiger partial charge is 0.287 e. The summed E-state index contributed by atoms with van der Waals surface area (Å²) in [7, 11) is 2.05. The number of benzene rings is 2. The van der Waals surface area contributed by atoms with E-state index < -0.39 is 5.54 Å². The van der Waals surface area contributed by atoms with Gasteiger partial charge >= 0.3 is 0 Å². The highest BCUT2D eigenvalue weighted by Gasteiger charge is 2.28. The monoisotopic (exact) mass is 372 g/mol. The molecule has 3 rings (SSSR count). The van der Waals surface area contributed by atoms with E-state index in [0.717, 1.165) is 16.5 Å². The molecule has 0 spiro atoms. The van der Waals surface area contributed by atoms with Crippen LogP contribution in [0, 0.1) is 20.4 Å². The summed E-state index contributed by atoms with van der Waals surface area (Å²) in [5.74, 6) is 0. The molecule has 0 amide bonds. The van der Waals surface area contributed by atoms with Crippen molar-refractivity contribution in [3.8, 4) is 11.3 Å². The Kier molecular flexibility index (Phi) is 4.79. The third kappa shape index (κ3) is 3.40. The summed E-state index contributed by atoms with van der Waals surface area (Å²) < 4.78 is 2.11. The minimum Gasteiger partial charge on any atom is -0.306 e. The number of aryl methyl sites for hydroxylation is 2. The molecule has 0 bridgehead atoms. The molecule has 0 unspecified atom stereocenters. The minimum atomic E-state index is -0.549. The lowest BCUT2D eigenvalue weighted by Crippen LogP contribution is -2.32. The number of aromatic nitrogens is 2. The number of hydrogen-bond donors (Lipinski definition) is 0. The molecular formula is C25H30N3+. The SMILES string of the molecule is [C-]#[N+]C(C)(C)c1ccc2c(-c3cc(C(C)(C)C)cc(C)c3C)[n+](C)cnc2c1. The highest BCUT2D eigenvalue weighted by atomic mass is 15.0. The van der Waals surface area contributed by atoms with Gasteiger partial charge in [-0.1, -0.05) is 26.8 Å². The van der Waals surface area contributed by atoms with Gasteiger partial charge in [0.15, 0.2) is 5.52 Å². The predicted molar refractivity (Wildman–Crippen MR) is 116 cm³/mol. The minimum absolute atomic E-state index is 0.0848. The van der Waals surface area contributed by atoms with Crippen molar-refractivity contribution in [1.29, 1.82) is 0 Å². The van der Waals surface area contributed by atoms with Gasteiger partial charge in [0.2, 0.25) is 0 Å². The molecular weight excluding hydrogens is 342 g/mol. The zero-order valence-electron chi connectivity index (χ0n) is 18.3. The quantitative estimate of drug-likeness (QED) is 0.412. The first-order chi connectivity index (χ1) is 13.0. The summed E-state index contributed by atoms with van der Waals surface area (Å²) in [5.41, 5.74) is 7.81. The van der Waals surface area contributed by atoms with E-state index >= 15 is 0 Å². The van der Waals surface area contributed by atoms with E-state index in [9.17, 15) is 0 Å². The summed E-state index contributed by atoms with van der Waals surface area (Å²) in [5, 5.41) is 1.11. The molecule has 144 valence electrons. The Morgan fingerprint density at radius 1 is 0.964 bits per heavy atom. The molecule has 0 saturated carbocycles. The molecule has 2 aromatic carbocycles. The third-order valence-electron chi connectivity index (χ3n) is 5.75. The second-order valence-electron chi connectivity index (χ2n) is 9.32. The second-order valence-corrected chi connectivity index (χ2v) is 9.32. The van der Waals surface area contributed by atoms with E-state index in [2.05, 4.69) is 86.4 Å². The van der Waals surface area contributed by atoms with E-state index in [1.807, 2.05) is 20.2 Å². The molecule has 0 saturated heterocycles. The van der Waals surface area contributed by atoms with Crippen molar-refractivity contribution < 1.29 is 4.57 Å². The van der Waals surface area contributed by atoms with E-state index in [-0.39, 0.29) is 5.41 Å². The van der Waals surface area contributed by atoms with Gasteiger partial charge in [-0.2, -0.15) is 0 Å². The summed E-state index contributed by atoms with van der Waals surface area (Å²) in [4.78, 5) is 8.44. The van der Waals surface area contributed by atoms with Crippen molar-refractivity contribution in [3.05, 3.63) is 70.3 Å². The highest BCUT2D eigenvalue weighted by molar-refractivity contribution is 5.92. The van der Waals surface area contributed by atoms with Crippen molar-refractivity contribution in [2.24, 2.45) is 7.05 Å². The van der Waals surface area contributed by atoms with Crippen LogP contribution in [0.5, 0.6) is 0 Å². The molecule has 0 atom stereocenters. The van der Waals surface area contributed by atoms with Crippen LogP contribution in [0.15, 0.2) is 36.7 Å². The van der Waals surface area contributed by atoms with Crippen LogP contribution in [0.2, 0.25) is 0 Å². The summed E-state index contributed by atoms with van der Waals surface area (Å²) in [6, 6.07) is 10.9. The topological polar surface area (TPSA) is 21.1 Å². The Bertz CT molecular complexity index is 1110. The fourth-order valence-corrected chi connectivity index (χ4v) is 3.55. The lowest BCUT2D eigenvalue weighted by Gasteiger charge is -2.22. The van der Waals surface area contributed by atoms with E-state index in [0.29, 0.717) is 0 Å². The maximum absolute atomic E-state index is 7.50. The maximum Gasteiger partial charge on any atom is 0.287 e. The first-order valence-electron chi connectivity index (χ1n) is 9.75. The van der Waals surface area contributed by atoms with Gasteiger partial charge in [0.1, 0.15) is 5.69 Å². The van der Waals surface area contributed by atoms with Crippen LogP contribution in [-0.2, 0) is 18.0 Å². The molecule has 1 aromatic heterocycles. The van der Waals surface area contributed by atoms with Crippen LogP contribution < -0.4 is 4.57 Å². The molecule has 3 aromatic rings. The Hall–Kier alpha value is -2.73. The Labute approximate surface area is 168 Å². The third-order valence-corrected chi connectivity index (χ3v) is 5.75. The van der Waals surface area contributed by atoms with Crippen molar-refractivity contribution in [2.45, 2.75) is 59.4 Å². The molecule has 28 heavy (non-hydrogen) atoms. The standard InChI is InChI=1S/C25H30N3/c1-16-12-19(24(3,4)5)13-21(17(16)2)23-20-11-10-18(25(6,7)26-8)14-22(20)27-15-28(23)9/h10-15H,1-7,9H3/q+1. The van der Waals surface area contributed by atoms with Crippen LogP contribution in [0.1, 0.15) is 56.9 Å². The average molecular weight is 373 g/mol. The fraction of sp³-hybridized carbons (Fsp3) is 0.400. The van der Waals surface area contributed by atoms with Gasteiger partial charge < -0.3 is 4.85 Å². The fourth-order valence-electron chi connectivity index (χ4n) is 3.55. The first kappa shape index (κ1) is 20.0. The number of fused-ring (bicyclic) bond motifs is 1. The Balaban J connectivity index is 2.34. The van der Waals surface area contributed by atoms with Crippen LogP contribution >= 0.6 is 0 Å². The molecule has 3 nitrogen and oxygen atoms in total. The molecule has 0 radical (unpaired) electrons. The van der Waals surface area contributed by atoms with Crippen LogP contribution in [0.25, 0.3) is 27.0 Å². The number of nitrogens with zero attached hydrogens (tertiary/aromatic N) is 3. The molecule has 0 N–H and O–H groups in total. The number of rotatable bonds is 2. The zero-order chi connectivity index (χ0) is 20.9. The van der Waals surface area contributed by atoms with E-state index in [1.54, 1.807) is 0 Å². The van der Waals surface area contributed by atoms with Crippen molar-refractivity contribution in [3.63, 3.8) is 0 Å². The highest BCUT2D eigenvalue weighted by Crippen LogP contribution is 2.35. The largest absolute Gasteiger partial charge is 0.306 e. The van der Waals surface area contributed by atoms with E-state index in [1.165, 1.54) is 27.9 Å². The van der Waals surface area contributed by atoms with Gasteiger partial charge in [-0.3, -0.25) is 0 Å². The van der Waals surface area contributed by atoms with Gasteiger partial charge in [0, 0.05) is 31.0 Å². The van der Waals surface area contributed by atoms with Crippen LogP contribution in [0.3, 0.4) is 0 Å². The van der Waals surface area contributed by atoms with Gasteiger partial charge in [-0.25, -0.2) is 11.1 Å². The van der Waals surface area contributed by atoms with Gasteiger partial charge in [0.25, 0.3) is 11.9 Å². The molecule has 0 aliphatic carbocycles. The molecule has 1 heterocycles. The van der Waals surface area contributed by atoms with Crippen molar-refractivity contribution >= 4 is 10.9 Å². The van der Waals surface area contributed by atoms with Crippen LogP contribution in [-0.4, -0.2) is 4.98 Å². The zero-order valence-corrected chi connectivity index (χ0v) is 18.3. The first-order valence-corrected chi connectivity index (χ1v) is 9.75. The van der Waals surface area contributed by atoms with Gasteiger partial charge in [-0.15, -0.1) is 0 Å². The van der Waals surface area contributed by atoms with Gasteiger partial charge in [-0.05, 0) is 59.1 Å². The lowest BCUT2D eigenvalue weighted by molar-refractivity contribution is -0.662. The van der Waals surface area contributed by atoms with Gasteiger partial charge in [0.05, 0.1) is 12.4 Å². The molecule has 0 fully saturated rings. The summed E-state index contributed by atoms with van der Waals surface area (Å²) >= 11 is 0. The normalized spacial score (nSPS) is 12.2.